The van der Waals surface area contributed by atoms with E-state index in [1.807, 2.05) is 13.8 Å². The van der Waals surface area contributed by atoms with Gasteiger partial charge in [0.1, 0.15) is 6.04 Å². The Morgan fingerprint density at radius 1 is 1.14 bits per heavy atom. The van der Waals surface area contributed by atoms with Crippen LogP contribution in [0.4, 0.5) is 5.69 Å². The molecule has 7 nitrogen and oxygen atoms in total. The van der Waals surface area contributed by atoms with Crippen LogP contribution in [0.5, 0.6) is 0 Å². The Balaban J connectivity index is 1.96. The minimum atomic E-state index is -3.60. The molecule has 154 valence electrons. The molecule has 1 heterocycles. The van der Waals surface area contributed by atoms with Crippen molar-refractivity contribution in [2.24, 2.45) is 0 Å². The molecule has 9 heteroatoms. The number of amides is 1. The average Bonchev–Trinajstić information content (AvgIpc) is 2.97. The molecule has 3 rings (SSSR count). The summed E-state index contributed by atoms with van der Waals surface area (Å²) in [5.74, 6) is -0.473. The van der Waals surface area contributed by atoms with Crippen LogP contribution in [-0.4, -0.2) is 36.5 Å². The van der Waals surface area contributed by atoms with Gasteiger partial charge in [-0.25, -0.2) is 8.42 Å². The summed E-state index contributed by atoms with van der Waals surface area (Å²) in [6.45, 7) is 3.88. The topological polar surface area (TPSA) is 88.5 Å². The van der Waals surface area contributed by atoms with Crippen LogP contribution in [0.1, 0.15) is 31.5 Å². The van der Waals surface area contributed by atoms with Crippen LogP contribution in [-0.2, 0) is 14.8 Å². The predicted octanol–water partition coefficient (Wildman–Crippen LogP) is 3.22. The average molecular weight is 434 g/mol. The zero-order valence-electron chi connectivity index (χ0n) is 16.6. The molecule has 1 aromatic heterocycles. The van der Waals surface area contributed by atoms with E-state index in [1.165, 1.54) is 7.05 Å². The van der Waals surface area contributed by atoms with Crippen molar-refractivity contribution in [1.82, 2.24) is 8.87 Å². The van der Waals surface area contributed by atoms with Crippen molar-refractivity contribution >= 4 is 43.2 Å². The summed E-state index contributed by atoms with van der Waals surface area (Å²) in [4.78, 5) is 25.2. The van der Waals surface area contributed by atoms with E-state index in [9.17, 15) is 18.0 Å². The van der Waals surface area contributed by atoms with Gasteiger partial charge in [-0.2, -0.15) is 4.31 Å². The number of rotatable bonds is 6. The number of sulfonamides is 1. The number of hydrogen-bond donors (Lipinski definition) is 1. The number of aromatic nitrogens is 1. The first-order valence-corrected chi connectivity index (χ1v) is 11.7. The molecule has 3 aromatic rings. The summed E-state index contributed by atoms with van der Waals surface area (Å²) in [5.41, 5.74) is 1.87. The normalized spacial score (nSPS) is 13.2. The standard InChI is InChI=1S/C20H23N3O4S2/c1-13(2)23-16-11-10-15(12-17(16)28-20(23)25)21-19(24)18(22(3)29(4,26)27)14-8-6-5-7-9-14/h5-13,18H,1-4H3,(H,21,24)/t18-/m1/s1. The minimum Gasteiger partial charge on any atom is -0.324 e. The van der Waals surface area contributed by atoms with E-state index in [0.29, 0.717) is 11.3 Å². The molecule has 29 heavy (non-hydrogen) atoms. The monoisotopic (exact) mass is 433 g/mol. The van der Waals surface area contributed by atoms with Crippen LogP contribution < -0.4 is 10.2 Å². The van der Waals surface area contributed by atoms with Gasteiger partial charge in [-0.3, -0.25) is 14.2 Å². The first-order chi connectivity index (χ1) is 13.6. The molecule has 0 aliphatic heterocycles. The number of carbonyl (C=O) groups is 1. The molecule has 0 fully saturated rings. The third kappa shape index (κ3) is 4.42. The summed E-state index contributed by atoms with van der Waals surface area (Å²) in [5, 5.41) is 2.79. The molecule has 0 saturated carbocycles. The number of carbonyl (C=O) groups excluding carboxylic acids is 1. The first-order valence-electron chi connectivity index (χ1n) is 9.03. The van der Waals surface area contributed by atoms with Gasteiger partial charge in [-0.05, 0) is 37.6 Å². The number of anilines is 1. The summed E-state index contributed by atoms with van der Waals surface area (Å²) in [6, 6.07) is 13.0. The second-order valence-electron chi connectivity index (χ2n) is 7.10. The number of benzene rings is 2. The van der Waals surface area contributed by atoms with Gasteiger partial charge in [-0.15, -0.1) is 0 Å². The van der Waals surface area contributed by atoms with E-state index in [-0.39, 0.29) is 10.9 Å². The fourth-order valence-electron chi connectivity index (χ4n) is 3.17. The van der Waals surface area contributed by atoms with E-state index in [1.54, 1.807) is 53.1 Å². The molecule has 0 radical (unpaired) electrons. The van der Waals surface area contributed by atoms with Gasteiger partial charge in [0.05, 0.1) is 16.5 Å². The second-order valence-corrected chi connectivity index (χ2v) is 10.1. The van der Waals surface area contributed by atoms with E-state index in [2.05, 4.69) is 5.32 Å². The highest BCUT2D eigenvalue weighted by molar-refractivity contribution is 7.88. The fourth-order valence-corrected chi connectivity index (χ4v) is 4.82. The number of thiazole rings is 1. The van der Waals surface area contributed by atoms with E-state index in [4.69, 9.17) is 0 Å². The quantitative estimate of drug-likeness (QED) is 0.646. The van der Waals surface area contributed by atoms with Crippen molar-refractivity contribution in [3.63, 3.8) is 0 Å². The Kier molecular flexibility index (Phi) is 5.92. The highest BCUT2D eigenvalue weighted by Gasteiger charge is 2.30. The molecule has 0 spiro atoms. The number of hydrogen-bond acceptors (Lipinski definition) is 5. The maximum atomic E-state index is 13.0. The minimum absolute atomic E-state index is 0.0302. The van der Waals surface area contributed by atoms with Crippen molar-refractivity contribution < 1.29 is 13.2 Å². The summed E-state index contributed by atoms with van der Waals surface area (Å²) in [6.07, 6.45) is 1.06. The molecule has 0 unspecified atom stereocenters. The van der Waals surface area contributed by atoms with Gasteiger partial charge in [-0.1, -0.05) is 41.7 Å². The lowest BCUT2D eigenvalue weighted by atomic mass is 10.1. The van der Waals surface area contributed by atoms with E-state index >= 15 is 0 Å². The van der Waals surface area contributed by atoms with Crippen LogP contribution in [0.25, 0.3) is 10.2 Å². The van der Waals surface area contributed by atoms with Crippen LogP contribution >= 0.6 is 11.3 Å². The van der Waals surface area contributed by atoms with Crippen LogP contribution in [0.2, 0.25) is 0 Å². The molecule has 0 aliphatic rings. The van der Waals surface area contributed by atoms with Crippen LogP contribution in [0.3, 0.4) is 0 Å². The molecule has 0 bridgehead atoms. The second kappa shape index (κ2) is 8.10. The van der Waals surface area contributed by atoms with Gasteiger partial charge < -0.3 is 5.32 Å². The maximum absolute atomic E-state index is 13.0. The molecule has 1 atom stereocenters. The van der Waals surface area contributed by atoms with Gasteiger partial charge >= 0.3 is 4.87 Å². The summed E-state index contributed by atoms with van der Waals surface area (Å²) < 4.78 is 27.7. The van der Waals surface area contributed by atoms with Crippen molar-refractivity contribution in [3.05, 3.63) is 63.8 Å². The predicted molar refractivity (Wildman–Crippen MR) is 117 cm³/mol. The summed E-state index contributed by atoms with van der Waals surface area (Å²) >= 11 is 1.11. The lowest BCUT2D eigenvalue weighted by Crippen LogP contribution is -2.38. The molecular formula is C20H23N3O4S2. The van der Waals surface area contributed by atoms with Crippen molar-refractivity contribution in [1.29, 1.82) is 0 Å². The van der Waals surface area contributed by atoms with E-state index < -0.39 is 22.0 Å². The van der Waals surface area contributed by atoms with Crippen molar-refractivity contribution in [2.75, 3.05) is 18.6 Å². The highest BCUT2D eigenvalue weighted by atomic mass is 32.2. The lowest BCUT2D eigenvalue weighted by molar-refractivity contribution is -0.119. The molecule has 0 saturated heterocycles. The first kappa shape index (κ1) is 21.2. The number of nitrogens with one attached hydrogen (secondary N) is 1. The SMILES string of the molecule is CC(C)n1c(=O)sc2cc(NC(=O)[C@@H](c3ccccc3)N(C)S(C)(=O)=O)ccc21. The van der Waals surface area contributed by atoms with Crippen molar-refractivity contribution in [3.8, 4) is 0 Å². The van der Waals surface area contributed by atoms with Gasteiger partial charge in [0.15, 0.2) is 0 Å². The Morgan fingerprint density at radius 3 is 2.38 bits per heavy atom. The molecule has 2 aromatic carbocycles. The third-order valence-corrected chi connectivity index (χ3v) is 6.82. The lowest BCUT2D eigenvalue weighted by Gasteiger charge is -2.25. The zero-order valence-corrected chi connectivity index (χ0v) is 18.3. The Bertz CT molecular complexity index is 1200. The molecule has 1 N–H and O–H groups in total. The van der Waals surface area contributed by atoms with Crippen LogP contribution in [0.15, 0.2) is 53.3 Å². The van der Waals surface area contributed by atoms with Gasteiger partial charge in [0, 0.05) is 18.8 Å². The van der Waals surface area contributed by atoms with Crippen LogP contribution in [0, 0.1) is 0 Å². The molecular weight excluding hydrogens is 410 g/mol. The Labute approximate surface area is 173 Å². The van der Waals surface area contributed by atoms with Crippen molar-refractivity contribution in [2.45, 2.75) is 25.9 Å². The third-order valence-electron chi connectivity index (χ3n) is 4.65. The molecule has 0 aliphatic carbocycles. The smallest absolute Gasteiger partial charge is 0.308 e. The fraction of sp³-hybridized carbons (Fsp3) is 0.300. The molecule has 1 amide bonds. The Hall–Kier alpha value is -2.49. The maximum Gasteiger partial charge on any atom is 0.308 e. The Morgan fingerprint density at radius 2 is 1.79 bits per heavy atom. The zero-order chi connectivity index (χ0) is 21.3. The number of likely N-dealkylation sites (N-methyl/N-ethyl adjacent to an activating group) is 1. The summed E-state index contributed by atoms with van der Waals surface area (Å²) in [7, 11) is -2.22. The largest absolute Gasteiger partial charge is 0.324 e. The number of fused-ring (bicyclic) bond motifs is 1. The number of nitrogens with zero attached hydrogens (tertiary/aromatic N) is 2. The highest BCUT2D eigenvalue weighted by Crippen LogP contribution is 2.27. The van der Waals surface area contributed by atoms with Gasteiger partial charge in [0.2, 0.25) is 15.9 Å². The van der Waals surface area contributed by atoms with Gasteiger partial charge in [0.25, 0.3) is 0 Å². The van der Waals surface area contributed by atoms with E-state index in [0.717, 1.165) is 32.1 Å².